The first-order valence-corrected chi connectivity index (χ1v) is 5.25. The number of aryl methyl sites for hydroxylation is 2. The van der Waals surface area contributed by atoms with Gasteiger partial charge in [0, 0.05) is 11.4 Å². The van der Waals surface area contributed by atoms with E-state index in [1.807, 2.05) is 0 Å². The maximum atomic E-state index is 13.2. The molecular weight excluding hydrogens is 219 g/mol. The predicted molar refractivity (Wildman–Crippen MR) is 65.9 cm³/mol. The number of anilines is 1. The van der Waals surface area contributed by atoms with Crippen molar-refractivity contribution in [2.24, 2.45) is 0 Å². The molecule has 0 saturated heterocycles. The van der Waals surface area contributed by atoms with Crippen LogP contribution in [0.5, 0.6) is 0 Å². The molecule has 1 heterocycles. The van der Waals surface area contributed by atoms with Gasteiger partial charge in [-0.1, -0.05) is 0 Å². The number of hydrogen-bond donors (Lipinski definition) is 1. The molecule has 0 spiro atoms. The number of nitrogens with zero attached hydrogens (tertiary/aromatic N) is 1. The Kier molecular flexibility index (Phi) is 2.71. The van der Waals surface area contributed by atoms with E-state index in [-0.39, 0.29) is 17.1 Å². The quantitative estimate of drug-likeness (QED) is 0.819. The van der Waals surface area contributed by atoms with E-state index in [4.69, 9.17) is 5.73 Å². The van der Waals surface area contributed by atoms with Crippen LogP contribution in [-0.4, -0.2) is 4.57 Å². The molecule has 0 saturated carbocycles. The molecule has 0 aliphatic carbocycles. The summed E-state index contributed by atoms with van der Waals surface area (Å²) in [5.74, 6) is -0.289. The number of nitrogens with two attached hydrogens (primary N) is 1. The summed E-state index contributed by atoms with van der Waals surface area (Å²) in [6.07, 6.45) is 0. The van der Waals surface area contributed by atoms with Gasteiger partial charge in [-0.15, -0.1) is 0 Å². The highest BCUT2D eigenvalue weighted by atomic mass is 19.1. The number of aromatic nitrogens is 1. The van der Waals surface area contributed by atoms with E-state index in [1.165, 1.54) is 10.6 Å². The molecule has 0 atom stereocenters. The van der Waals surface area contributed by atoms with Gasteiger partial charge in [0.15, 0.2) is 0 Å². The Morgan fingerprint density at radius 1 is 1.18 bits per heavy atom. The molecule has 4 heteroatoms. The second-order valence-electron chi connectivity index (χ2n) is 4.00. The molecule has 1 aromatic carbocycles. The van der Waals surface area contributed by atoms with Crippen molar-refractivity contribution in [3.63, 3.8) is 0 Å². The van der Waals surface area contributed by atoms with E-state index in [9.17, 15) is 9.18 Å². The molecule has 0 radical (unpaired) electrons. The number of nitrogen functional groups attached to an aromatic ring is 1. The Morgan fingerprint density at radius 3 is 2.53 bits per heavy atom. The van der Waals surface area contributed by atoms with Gasteiger partial charge in [0.05, 0.1) is 5.69 Å². The molecule has 0 bridgehead atoms. The second kappa shape index (κ2) is 4.05. The van der Waals surface area contributed by atoms with Crippen molar-refractivity contribution < 1.29 is 4.39 Å². The van der Waals surface area contributed by atoms with Crippen LogP contribution in [0.25, 0.3) is 5.69 Å². The monoisotopic (exact) mass is 232 g/mol. The lowest BCUT2D eigenvalue weighted by atomic mass is 10.2. The first kappa shape index (κ1) is 11.4. The summed E-state index contributed by atoms with van der Waals surface area (Å²) < 4.78 is 14.7. The molecule has 88 valence electrons. The molecule has 2 N–H and O–H groups in total. The molecule has 17 heavy (non-hydrogen) atoms. The van der Waals surface area contributed by atoms with E-state index in [1.54, 1.807) is 38.1 Å². The summed E-state index contributed by atoms with van der Waals surface area (Å²) in [5.41, 5.74) is 7.36. The largest absolute Gasteiger partial charge is 0.394 e. The molecule has 0 aliphatic rings. The SMILES string of the molecule is Cc1cc(-n2c(C)ccc(N)c2=O)ccc1F. The highest BCUT2D eigenvalue weighted by Crippen LogP contribution is 2.14. The van der Waals surface area contributed by atoms with Crippen LogP contribution >= 0.6 is 0 Å². The number of pyridine rings is 1. The van der Waals surface area contributed by atoms with Crippen LogP contribution in [-0.2, 0) is 0 Å². The Labute approximate surface area is 98.3 Å². The summed E-state index contributed by atoms with van der Waals surface area (Å²) in [4.78, 5) is 11.9. The van der Waals surface area contributed by atoms with Crippen LogP contribution in [0.15, 0.2) is 35.1 Å². The second-order valence-corrected chi connectivity index (χ2v) is 4.00. The van der Waals surface area contributed by atoms with E-state index >= 15 is 0 Å². The zero-order chi connectivity index (χ0) is 12.6. The predicted octanol–water partition coefficient (Wildman–Crippen LogP) is 2.18. The summed E-state index contributed by atoms with van der Waals surface area (Å²) in [5, 5.41) is 0. The number of hydrogen-bond acceptors (Lipinski definition) is 2. The van der Waals surface area contributed by atoms with Gasteiger partial charge in [0.1, 0.15) is 5.82 Å². The lowest BCUT2D eigenvalue weighted by Crippen LogP contribution is -2.23. The zero-order valence-corrected chi connectivity index (χ0v) is 9.70. The van der Waals surface area contributed by atoms with Gasteiger partial charge in [0.2, 0.25) is 0 Å². The molecule has 0 amide bonds. The highest BCUT2D eigenvalue weighted by Gasteiger charge is 2.07. The summed E-state index contributed by atoms with van der Waals surface area (Å²) in [6, 6.07) is 7.87. The number of halogens is 1. The fourth-order valence-corrected chi connectivity index (χ4v) is 1.73. The molecule has 3 nitrogen and oxygen atoms in total. The molecule has 2 rings (SSSR count). The first-order valence-electron chi connectivity index (χ1n) is 5.25. The van der Waals surface area contributed by atoms with Crippen LogP contribution in [0.2, 0.25) is 0 Å². The molecule has 1 aromatic heterocycles. The summed E-state index contributed by atoms with van der Waals surface area (Å²) in [7, 11) is 0. The molecule has 2 aromatic rings. The minimum absolute atomic E-state index is 0.178. The highest BCUT2D eigenvalue weighted by molar-refractivity contribution is 5.43. The van der Waals surface area contributed by atoms with Gasteiger partial charge in [-0.05, 0) is 49.7 Å². The third-order valence-electron chi connectivity index (χ3n) is 2.71. The third-order valence-corrected chi connectivity index (χ3v) is 2.71. The van der Waals surface area contributed by atoms with Crippen molar-refractivity contribution >= 4 is 5.69 Å². The van der Waals surface area contributed by atoms with Gasteiger partial charge >= 0.3 is 0 Å². The maximum absolute atomic E-state index is 13.2. The normalized spacial score (nSPS) is 10.5. The molecular formula is C13H13FN2O. The van der Waals surface area contributed by atoms with Crippen molar-refractivity contribution in [1.82, 2.24) is 4.57 Å². The zero-order valence-electron chi connectivity index (χ0n) is 9.70. The van der Waals surface area contributed by atoms with E-state index in [2.05, 4.69) is 0 Å². The lowest BCUT2D eigenvalue weighted by Gasteiger charge is -2.11. The third kappa shape index (κ3) is 1.93. The summed E-state index contributed by atoms with van der Waals surface area (Å²) >= 11 is 0. The molecule has 0 fully saturated rings. The van der Waals surface area contributed by atoms with Crippen LogP contribution < -0.4 is 11.3 Å². The van der Waals surface area contributed by atoms with Crippen LogP contribution in [0.3, 0.4) is 0 Å². The number of benzene rings is 1. The minimum Gasteiger partial charge on any atom is -0.394 e. The van der Waals surface area contributed by atoms with Crippen LogP contribution in [0.4, 0.5) is 10.1 Å². The van der Waals surface area contributed by atoms with Crippen LogP contribution in [0.1, 0.15) is 11.3 Å². The Bertz CT molecular complexity index is 632. The van der Waals surface area contributed by atoms with Crippen LogP contribution in [0, 0.1) is 19.7 Å². The molecule has 0 aliphatic heterocycles. The van der Waals surface area contributed by atoms with Crippen molar-refractivity contribution in [2.45, 2.75) is 13.8 Å². The van der Waals surface area contributed by atoms with Gasteiger partial charge < -0.3 is 5.73 Å². The van der Waals surface area contributed by atoms with Gasteiger partial charge in [0.25, 0.3) is 5.56 Å². The van der Waals surface area contributed by atoms with Crippen molar-refractivity contribution in [1.29, 1.82) is 0 Å². The maximum Gasteiger partial charge on any atom is 0.278 e. The smallest absolute Gasteiger partial charge is 0.278 e. The van der Waals surface area contributed by atoms with E-state index in [0.29, 0.717) is 11.3 Å². The minimum atomic E-state index is -0.289. The van der Waals surface area contributed by atoms with Crippen molar-refractivity contribution in [2.75, 3.05) is 5.73 Å². The Hall–Kier alpha value is -2.10. The van der Waals surface area contributed by atoms with Crippen molar-refractivity contribution in [3.8, 4) is 5.69 Å². The average Bonchev–Trinajstić information content (AvgIpc) is 2.29. The topological polar surface area (TPSA) is 48.0 Å². The first-order chi connectivity index (χ1) is 8.00. The van der Waals surface area contributed by atoms with Gasteiger partial charge in [-0.3, -0.25) is 9.36 Å². The van der Waals surface area contributed by atoms with Gasteiger partial charge in [-0.2, -0.15) is 0 Å². The average molecular weight is 232 g/mol. The fourth-order valence-electron chi connectivity index (χ4n) is 1.73. The standard InChI is InChI=1S/C13H13FN2O/c1-8-7-10(4-5-11(8)14)16-9(2)3-6-12(15)13(16)17/h3-7H,15H2,1-2H3. The van der Waals surface area contributed by atoms with E-state index in [0.717, 1.165) is 5.69 Å². The van der Waals surface area contributed by atoms with E-state index < -0.39 is 0 Å². The fraction of sp³-hybridized carbons (Fsp3) is 0.154. The van der Waals surface area contributed by atoms with Crippen molar-refractivity contribution in [3.05, 3.63) is 57.8 Å². The number of rotatable bonds is 1. The summed E-state index contributed by atoms with van der Waals surface area (Å²) in [6.45, 7) is 3.46. The van der Waals surface area contributed by atoms with Gasteiger partial charge in [-0.25, -0.2) is 4.39 Å². The molecule has 0 unspecified atom stereocenters. The Morgan fingerprint density at radius 2 is 1.88 bits per heavy atom. The lowest BCUT2D eigenvalue weighted by molar-refractivity contribution is 0.618. The Balaban J connectivity index is 2.72.